The van der Waals surface area contributed by atoms with Gasteiger partial charge in [-0.3, -0.25) is 4.98 Å². The fourth-order valence-electron chi connectivity index (χ4n) is 1.91. The molecule has 0 spiro atoms. The lowest BCUT2D eigenvalue weighted by Crippen LogP contribution is -1.91. The zero-order valence-electron chi connectivity index (χ0n) is 12.4. The van der Waals surface area contributed by atoms with Crippen LogP contribution in [0.4, 0.5) is 5.88 Å². The molecule has 0 atom stereocenters. The van der Waals surface area contributed by atoms with Gasteiger partial charge in [0.1, 0.15) is 6.07 Å². The number of benzene rings is 1. The number of nitrogens with zero attached hydrogens (tertiary/aromatic N) is 4. The van der Waals surface area contributed by atoms with Crippen molar-refractivity contribution in [2.24, 2.45) is 5.10 Å². The van der Waals surface area contributed by atoms with Gasteiger partial charge in [-0.1, -0.05) is 23.8 Å². The Labute approximate surface area is 133 Å². The third kappa shape index (κ3) is 3.41. The predicted octanol–water partition coefficient (Wildman–Crippen LogP) is 3.36. The van der Waals surface area contributed by atoms with Gasteiger partial charge in [0.2, 0.25) is 11.6 Å². The average molecular weight is 303 g/mol. The third-order valence-corrected chi connectivity index (χ3v) is 3.10. The molecule has 0 saturated carbocycles. The number of hydrazone groups is 1. The summed E-state index contributed by atoms with van der Waals surface area (Å²) < 4.78 is 5.60. The first kappa shape index (κ1) is 14.5. The second kappa shape index (κ2) is 6.54. The molecule has 112 valence electrons. The van der Waals surface area contributed by atoms with Gasteiger partial charge in [0.25, 0.3) is 5.88 Å². The first-order valence-electron chi connectivity index (χ1n) is 6.93. The Balaban J connectivity index is 1.81. The second-order valence-electron chi connectivity index (χ2n) is 4.83. The number of hydrogen-bond donors (Lipinski definition) is 1. The molecular formula is C17H13N5O. The van der Waals surface area contributed by atoms with Crippen LogP contribution in [0, 0.1) is 18.3 Å². The van der Waals surface area contributed by atoms with Crippen LogP contribution in [-0.4, -0.2) is 16.2 Å². The van der Waals surface area contributed by atoms with Crippen LogP contribution in [0.2, 0.25) is 0 Å². The van der Waals surface area contributed by atoms with Crippen molar-refractivity contribution in [2.75, 3.05) is 5.43 Å². The summed E-state index contributed by atoms with van der Waals surface area (Å²) in [4.78, 5) is 8.17. The van der Waals surface area contributed by atoms with E-state index in [2.05, 4.69) is 20.5 Å². The number of aryl methyl sites for hydroxylation is 1. The minimum absolute atomic E-state index is 0.156. The lowest BCUT2D eigenvalue weighted by molar-refractivity contribution is 0.587. The Kier molecular flexibility index (Phi) is 4.11. The van der Waals surface area contributed by atoms with Gasteiger partial charge in [0, 0.05) is 23.5 Å². The van der Waals surface area contributed by atoms with E-state index in [4.69, 9.17) is 9.68 Å². The molecule has 23 heavy (non-hydrogen) atoms. The summed E-state index contributed by atoms with van der Waals surface area (Å²) in [7, 11) is 0. The van der Waals surface area contributed by atoms with Gasteiger partial charge < -0.3 is 4.42 Å². The van der Waals surface area contributed by atoms with Crippen LogP contribution >= 0.6 is 0 Å². The summed E-state index contributed by atoms with van der Waals surface area (Å²) in [5.74, 6) is 0.587. The van der Waals surface area contributed by atoms with Gasteiger partial charge in [0.15, 0.2) is 0 Å². The number of oxazole rings is 1. The molecule has 0 aliphatic heterocycles. The number of rotatable bonds is 4. The highest BCUT2D eigenvalue weighted by molar-refractivity contribution is 5.79. The molecule has 6 heteroatoms. The minimum Gasteiger partial charge on any atom is -0.417 e. The quantitative estimate of drug-likeness (QED) is 0.590. The molecule has 0 fully saturated rings. The maximum Gasteiger partial charge on any atom is 0.252 e. The van der Waals surface area contributed by atoms with E-state index in [0.29, 0.717) is 5.89 Å². The number of hydrogen-bond acceptors (Lipinski definition) is 6. The van der Waals surface area contributed by atoms with E-state index in [9.17, 15) is 0 Å². The summed E-state index contributed by atoms with van der Waals surface area (Å²) in [6.07, 6.45) is 4.94. The van der Waals surface area contributed by atoms with Crippen LogP contribution in [0.1, 0.15) is 16.8 Å². The molecule has 0 unspecified atom stereocenters. The first-order valence-corrected chi connectivity index (χ1v) is 6.93. The highest BCUT2D eigenvalue weighted by Crippen LogP contribution is 2.25. The van der Waals surface area contributed by atoms with Gasteiger partial charge in [-0.2, -0.15) is 15.3 Å². The van der Waals surface area contributed by atoms with Gasteiger partial charge in [0.05, 0.1) is 6.21 Å². The molecule has 6 nitrogen and oxygen atoms in total. The van der Waals surface area contributed by atoms with Crippen molar-refractivity contribution in [1.82, 2.24) is 9.97 Å². The van der Waals surface area contributed by atoms with E-state index in [1.165, 1.54) is 0 Å². The largest absolute Gasteiger partial charge is 0.417 e. The van der Waals surface area contributed by atoms with Crippen molar-refractivity contribution < 1.29 is 4.42 Å². The molecule has 0 bridgehead atoms. The van der Waals surface area contributed by atoms with E-state index in [-0.39, 0.29) is 11.6 Å². The zero-order valence-corrected chi connectivity index (χ0v) is 12.4. The van der Waals surface area contributed by atoms with Crippen molar-refractivity contribution in [3.63, 3.8) is 0 Å². The molecular weight excluding hydrogens is 290 g/mol. The van der Waals surface area contributed by atoms with E-state index >= 15 is 0 Å². The van der Waals surface area contributed by atoms with Crippen LogP contribution in [0.25, 0.3) is 11.5 Å². The number of aromatic nitrogens is 2. The van der Waals surface area contributed by atoms with Crippen LogP contribution in [-0.2, 0) is 0 Å². The standard InChI is InChI=1S/C17H13N5O/c1-12-4-6-14(7-5-12)16-21-15(9-18)17(23-16)22-20-11-13-3-2-8-19-10-13/h2-8,10-11,22H,1H3/b20-11-. The van der Waals surface area contributed by atoms with Crippen molar-refractivity contribution in [3.8, 4) is 17.5 Å². The Bertz CT molecular complexity index is 860. The number of nitrogens with one attached hydrogen (secondary N) is 1. The predicted molar refractivity (Wildman–Crippen MR) is 86.8 cm³/mol. The molecule has 3 rings (SSSR count). The van der Waals surface area contributed by atoms with Crippen molar-refractivity contribution in [1.29, 1.82) is 5.26 Å². The molecule has 0 aliphatic carbocycles. The molecule has 1 aromatic carbocycles. The lowest BCUT2D eigenvalue weighted by Gasteiger charge is -1.96. The Morgan fingerprint density at radius 3 is 2.78 bits per heavy atom. The van der Waals surface area contributed by atoms with E-state index in [0.717, 1.165) is 16.7 Å². The molecule has 0 saturated heterocycles. The van der Waals surface area contributed by atoms with E-state index < -0.39 is 0 Å². The number of pyridine rings is 1. The highest BCUT2D eigenvalue weighted by Gasteiger charge is 2.13. The summed E-state index contributed by atoms with van der Waals surface area (Å²) in [5, 5.41) is 13.2. The second-order valence-corrected chi connectivity index (χ2v) is 4.83. The molecule has 2 heterocycles. The van der Waals surface area contributed by atoms with Gasteiger partial charge in [-0.05, 0) is 25.1 Å². The van der Waals surface area contributed by atoms with E-state index in [1.807, 2.05) is 49.4 Å². The molecule has 2 aromatic heterocycles. The summed E-state index contributed by atoms with van der Waals surface area (Å²) >= 11 is 0. The molecule has 3 aromatic rings. The summed E-state index contributed by atoms with van der Waals surface area (Å²) in [5.41, 5.74) is 5.63. The topological polar surface area (TPSA) is 87.1 Å². The molecule has 1 N–H and O–H groups in total. The zero-order chi connectivity index (χ0) is 16.1. The maximum atomic E-state index is 9.16. The van der Waals surface area contributed by atoms with Crippen LogP contribution in [0.15, 0.2) is 58.3 Å². The van der Waals surface area contributed by atoms with Gasteiger partial charge in [-0.15, -0.1) is 0 Å². The average Bonchev–Trinajstić information content (AvgIpc) is 3.00. The summed E-state index contributed by atoms with van der Waals surface area (Å²) in [6, 6.07) is 13.4. The van der Waals surface area contributed by atoms with Crippen LogP contribution < -0.4 is 5.43 Å². The Morgan fingerprint density at radius 1 is 1.26 bits per heavy atom. The monoisotopic (exact) mass is 303 g/mol. The van der Waals surface area contributed by atoms with Crippen LogP contribution in [0.3, 0.4) is 0 Å². The number of nitriles is 1. The highest BCUT2D eigenvalue weighted by atomic mass is 16.4. The van der Waals surface area contributed by atoms with Crippen molar-refractivity contribution in [3.05, 3.63) is 65.6 Å². The normalized spacial score (nSPS) is 10.6. The van der Waals surface area contributed by atoms with E-state index in [1.54, 1.807) is 18.6 Å². The molecule has 0 aliphatic rings. The summed E-state index contributed by atoms with van der Waals surface area (Å²) in [6.45, 7) is 2.00. The molecule has 0 radical (unpaired) electrons. The van der Waals surface area contributed by atoms with Gasteiger partial charge in [-0.25, -0.2) is 5.43 Å². The maximum absolute atomic E-state index is 9.16. The van der Waals surface area contributed by atoms with Gasteiger partial charge >= 0.3 is 0 Å². The number of anilines is 1. The van der Waals surface area contributed by atoms with Crippen molar-refractivity contribution in [2.45, 2.75) is 6.92 Å². The fourth-order valence-corrected chi connectivity index (χ4v) is 1.91. The molecule has 0 amide bonds. The lowest BCUT2D eigenvalue weighted by atomic mass is 10.1. The Hall–Kier alpha value is -3.46. The first-order chi connectivity index (χ1) is 11.3. The minimum atomic E-state index is 0.156. The van der Waals surface area contributed by atoms with Crippen molar-refractivity contribution >= 4 is 12.1 Å². The SMILES string of the molecule is Cc1ccc(-c2nc(C#N)c(N/N=C\c3cccnc3)o2)cc1. The fraction of sp³-hybridized carbons (Fsp3) is 0.0588. The smallest absolute Gasteiger partial charge is 0.252 e. The Morgan fingerprint density at radius 2 is 2.09 bits per heavy atom. The third-order valence-electron chi connectivity index (χ3n) is 3.10. The van der Waals surface area contributed by atoms with Crippen LogP contribution in [0.5, 0.6) is 0 Å².